The van der Waals surface area contributed by atoms with Crippen molar-refractivity contribution in [1.82, 2.24) is 25.0 Å². The molecule has 1 heterocycles. The van der Waals surface area contributed by atoms with Crippen LogP contribution in [0.15, 0.2) is 48.5 Å². The van der Waals surface area contributed by atoms with Crippen molar-refractivity contribution in [2.75, 3.05) is 0 Å². The van der Waals surface area contributed by atoms with Gasteiger partial charge in [0.25, 0.3) is 5.91 Å². The average Bonchev–Trinajstić information content (AvgIpc) is 3.07. The molecule has 0 saturated carbocycles. The molecule has 1 aromatic heterocycles. The molecule has 10 heteroatoms. The van der Waals surface area contributed by atoms with Gasteiger partial charge in [0.1, 0.15) is 0 Å². The van der Waals surface area contributed by atoms with E-state index in [0.717, 1.165) is 0 Å². The maximum Gasteiger partial charge on any atom is 0.274 e. The van der Waals surface area contributed by atoms with Crippen LogP contribution in [0.4, 0.5) is 0 Å². The first-order chi connectivity index (χ1) is 14.7. The minimum Gasteiger partial charge on any atom is -0.346 e. The second-order valence-corrected chi connectivity index (χ2v) is 9.59. The van der Waals surface area contributed by atoms with Gasteiger partial charge in [-0.3, -0.25) is 4.79 Å². The Kier molecular flexibility index (Phi) is 7.09. The van der Waals surface area contributed by atoms with E-state index in [4.69, 9.17) is 11.6 Å². The molecule has 3 aromatic rings. The smallest absolute Gasteiger partial charge is 0.274 e. The number of amides is 1. The zero-order valence-corrected chi connectivity index (χ0v) is 19.0. The first-order valence-corrected chi connectivity index (χ1v) is 11.7. The van der Waals surface area contributed by atoms with Crippen LogP contribution in [-0.4, -0.2) is 35.4 Å². The van der Waals surface area contributed by atoms with Crippen molar-refractivity contribution >= 4 is 27.5 Å². The van der Waals surface area contributed by atoms with E-state index < -0.39 is 15.9 Å². The summed E-state index contributed by atoms with van der Waals surface area (Å²) in [6.45, 7) is 5.44. The van der Waals surface area contributed by atoms with Crippen molar-refractivity contribution in [2.24, 2.45) is 0 Å². The Labute approximate surface area is 186 Å². The van der Waals surface area contributed by atoms with Gasteiger partial charge in [0, 0.05) is 17.6 Å². The normalized spacial score (nSPS) is 11.6. The summed E-state index contributed by atoms with van der Waals surface area (Å²) in [5.41, 5.74) is 2.79. The maximum atomic E-state index is 12.7. The van der Waals surface area contributed by atoms with Crippen LogP contribution in [0.2, 0.25) is 5.02 Å². The number of aromatic nitrogens is 3. The van der Waals surface area contributed by atoms with Crippen LogP contribution in [0.3, 0.4) is 0 Å². The Hall–Kier alpha value is -2.75. The molecular weight excluding hydrogens is 438 g/mol. The molecule has 0 aliphatic carbocycles. The third-order valence-electron chi connectivity index (χ3n) is 4.48. The minimum atomic E-state index is -3.48. The quantitative estimate of drug-likeness (QED) is 0.536. The number of carbonyl (C=O) groups is 1. The van der Waals surface area contributed by atoms with Crippen LogP contribution < -0.4 is 10.0 Å². The minimum absolute atomic E-state index is 0.162. The second-order valence-electron chi connectivity index (χ2n) is 7.40. The van der Waals surface area contributed by atoms with Crippen molar-refractivity contribution < 1.29 is 13.2 Å². The van der Waals surface area contributed by atoms with Crippen LogP contribution in [0.25, 0.3) is 5.69 Å². The summed E-state index contributed by atoms with van der Waals surface area (Å²) in [4.78, 5) is 12.7. The van der Waals surface area contributed by atoms with Gasteiger partial charge in [-0.1, -0.05) is 47.1 Å². The van der Waals surface area contributed by atoms with Crippen LogP contribution >= 0.6 is 11.6 Å². The number of benzene rings is 2. The summed E-state index contributed by atoms with van der Waals surface area (Å²) in [6, 6.07) is 14.0. The average molecular weight is 462 g/mol. The number of nitrogens with one attached hydrogen (secondary N) is 2. The van der Waals surface area contributed by atoms with Gasteiger partial charge in [0.15, 0.2) is 5.69 Å². The predicted molar refractivity (Wildman–Crippen MR) is 120 cm³/mol. The van der Waals surface area contributed by atoms with E-state index >= 15 is 0 Å². The van der Waals surface area contributed by atoms with Crippen molar-refractivity contribution in [3.05, 3.63) is 76.1 Å². The fourth-order valence-corrected chi connectivity index (χ4v) is 4.80. The highest BCUT2D eigenvalue weighted by Crippen LogP contribution is 2.17. The Morgan fingerprint density at radius 3 is 2.52 bits per heavy atom. The number of halogens is 1. The van der Waals surface area contributed by atoms with Gasteiger partial charge in [-0.2, -0.15) is 0 Å². The lowest BCUT2D eigenvalue weighted by molar-refractivity contribution is 0.0945. The molecule has 0 bridgehead atoms. The highest BCUT2D eigenvalue weighted by Gasteiger charge is 2.19. The van der Waals surface area contributed by atoms with Crippen LogP contribution in [0.1, 0.15) is 41.2 Å². The fraction of sp³-hybridized carbons (Fsp3) is 0.286. The number of rotatable bonds is 8. The monoisotopic (exact) mass is 461 g/mol. The third kappa shape index (κ3) is 5.90. The first kappa shape index (κ1) is 22.9. The summed E-state index contributed by atoms with van der Waals surface area (Å²) in [7, 11) is -3.48. The molecule has 3 rings (SSSR count). The summed E-state index contributed by atoms with van der Waals surface area (Å²) in [6.07, 6.45) is 0. The molecule has 0 atom stereocenters. The number of carbonyl (C=O) groups excluding carboxylic acids is 1. The maximum absolute atomic E-state index is 12.7. The molecule has 0 aliphatic heterocycles. The summed E-state index contributed by atoms with van der Waals surface area (Å²) in [5, 5.41) is 11.4. The van der Waals surface area contributed by atoms with Crippen LogP contribution in [0, 0.1) is 6.92 Å². The van der Waals surface area contributed by atoms with E-state index in [1.807, 2.05) is 6.07 Å². The van der Waals surface area contributed by atoms with E-state index in [1.165, 1.54) is 0 Å². The summed E-state index contributed by atoms with van der Waals surface area (Å²) >= 11 is 6.03. The lowest BCUT2D eigenvalue weighted by Crippen LogP contribution is -2.32. The Morgan fingerprint density at radius 2 is 1.84 bits per heavy atom. The number of hydrogen-bond donors (Lipinski definition) is 2. The molecule has 0 saturated heterocycles. The standard InChI is InChI=1S/C21H24ClN5O3S/c1-14(2)25-31(29,30)13-17-8-5-4-7-16(17)12-23-21(28)20-15(3)27(26-24-20)19-10-6-9-18(22)11-19/h4-11,14,25H,12-13H2,1-3H3,(H,23,28). The fourth-order valence-electron chi connectivity index (χ4n) is 3.13. The molecule has 2 N–H and O–H groups in total. The molecule has 164 valence electrons. The van der Waals surface area contributed by atoms with E-state index in [2.05, 4.69) is 20.4 Å². The number of nitrogens with zero attached hydrogens (tertiary/aromatic N) is 3. The topological polar surface area (TPSA) is 106 Å². The largest absolute Gasteiger partial charge is 0.346 e. The summed E-state index contributed by atoms with van der Waals surface area (Å²) in [5.74, 6) is -0.565. The van der Waals surface area contributed by atoms with Crippen LogP contribution in [-0.2, 0) is 22.3 Å². The lowest BCUT2D eigenvalue weighted by atomic mass is 10.1. The van der Waals surface area contributed by atoms with Gasteiger partial charge >= 0.3 is 0 Å². The number of sulfonamides is 1. The predicted octanol–water partition coefficient (Wildman–Crippen LogP) is 2.99. The molecular formula is C21H24ClN5O3S. The third-order valence-corrected chi connectivity index (χ3v) is 6.24. The summed E-state index contributed by atoms with van der Waals surface area (Å²) < 4.78 is 28.7. The van der Waals surface area contributed by atoms with Gasteiger partial charge in [-0.15, -0.1) is 5.10 Å². The van der Waals surface area contributed by atoms with E-state index in [-0.39, 0.29) is 24.0 Å². The molecule has 0 aliphatic rings. The Bertz CT molecular complexity index is 1190. The van der Waals surface area contributed by atoms with Crippen molar-refractivity contribution in [2.45, 2.75) is 39.1 Å². The van der Waals surface area contributed by atoms with E-state index in [1.54, 1.807) is 67.9 Å². The van der Waals surface area contributed by atoms with Gasteiger partial charge in [0.05, 0.1) is 17.1 Å². The SMILES string of the molecule is Cc1c(C(=O)NCc2ccccc2CS(=O)(=O)NC(C)C)nnn1-c1cccc(Cl)c1. The molecule has 0 radical (unpaired) electrons. The first-order valence-electron chi connectivity index (χ1n) is 9.69. The van der Waals surface area contributed by atoms with Crippen molar-refractivity contribution in [3.63, 3.8) is 0 Å². The van der Waals surface area contributed by atoms with Gasteiger partial charge in [0.2, 0.25) is 10.0 Å². The molecule has 0 spiro atoms. The van der Waals surface area contributed by atoms with Crippen LogP contribution in [0.5, 0.6) is 0 Å². The molecule has 2 aromatic carbocycles. The molecule has 0 unspecified atom stereocenters. The zero-order chi connectivity index (χ0) is 22.6. The van der Waals surface area contributed by atoms with Gasteiger partial charge < -0.3 is 5.32 Å². The Balaban J connectivity index is 1.74. The molecule has 0 fully saturated rings. The molecule has 8 nitrogen and oxygen atoms in total. The van der Waals surface area contributed by atoms with Gasteiger partial charge in [-0.05, 0) is 50.1 Å². The second kappa shape index (κ2) is 9.59. The highest BCUT2D eigenvalue weighted by molar-refractivity contribution is 7.88. The molecule has 1 amide bonds. The van der Waals surface area contributed by atoms with Crippen molar-refractivity contribution in [3.8, 4) is 5.69 Å². The van der Waals surface area contributed by atoms with Crippen molar-refractivity contribution in [1.29, 1.82) is 0 Å². The number of hydrogen-bond acceptors (Lipinski definition) is 5. The molecule has 31 heavy (non-hydrogen) atoms. The van der Waals surface area contributed by atoms with E-state index in [0.29, 0.717) is 27.5 Å². The zero-order valence-electron chi connectivity index (χ0n) is 17.5. The van der Waals surface area contributed by atoms with Gasteiger partial charge in [-0.25, -0.2) is 17.8 Å². The van der Waals surface area contributed by atoms with E-state index in [9.17, 15) is 13.2 Å². The lowest BCUT2D eigenvalue weighted by Gasteiger charge is -2.13. The highest BCUT2D eigenvalue weighted by atomic mass is 35.5. The Morgan fingerprint density at radius 1 is 1.13 bits per heavy atom.